The second-order valence-corrected chi connectivity index (χ2v) is 10.7. The molecule has 12 heteroatoms. The third kappa shape index (κ3) is 9.82. The first-order valence-electron chi connectivity index (χ1n) is 9.57. The molecule has 1 aromatic rings. The molecule has 10 nitrogen and oxygen atoms in total. The van der Waals surface area contributed by atoms with Gasteiger partial charge in [0.1, 0.15) is 11.8 Å². The number of nitrogens with one attached hydrogen (secondary N) is 1. The molecule has 0 amide bonds. The summed E-state index contributed by atoms with van der Waals surface area (Å²) in [5.41, 5.74) is -0.696. The summed E-state index contributed by atoms with van der Waals surface area (Å²) in [7, 11) is -4.08. The lowest BCUT2D eigenvalue weighted by Gasteiger charge is -2.23. The number of hydrogen-bond donors (Lipinski definition) is 1. The molecule has 0 aliphatic carbocycles. The zero-order valence-corrected chi connectivity index (χ0v) is 20.2. The monoisotopic (exact) mass is 476 g/mol. The third-order valence-electron chi connectivity index (χ3n) is 3.52. The Morgan fingerprint density at radius 1 is 1.19 bits per heavy atom. The van der Waals surface area contributed by atoms with Crippen LogP contribution in [0.1, 0.15) is 41.5 Å². The zero-order chi connectivity index (χ0) is 23.8. The van der Waals surface area contributed by atoms with Crippen molar-refractivity contribution >= 4 is 36.3 Å². The topological polar surface area (TPSA) is 134 Å². The zero-order valence-electron chi connectivity index (χ0n) is 18.4. The molecule has 0 spiro atoms. The summed E-state index contributed by atoms with van der Waals surface area (Å²) < 4.78 is 29.2. The summed E-state index contributed by atoms with van der Waals surface area (Å²) in [5, 5.41) is 13.3. The van der Waals surface area contributed by atoms with Gasteiger partial charge < -0.3 is 9.26 Å². The fraction of sp³-hybridized carbons (Fsp3) is 0.579. The van der Waals surface area contributed by atoms with Crippen LogP contribution < -0.4 is 9.61 Å². The summed E-state index contributed by atoms with van der Waals surface area (Å²) in [6.45, 7) is 10.1. The van der Waals surface area contributed by atoms with Crippen molar-refractivity contribution in [3.63, 3.8) is 0 Å². The lowest BCUT2D eigenvalue weighted by atomic mass is 10.00. The first kappa shape index (κ1) is 27.1. The molecular formula is C19H29N2O8PS. The van der Waals surface area contributed by atoms with Crippen LogP contribution in [0, 0.1) is 15.5 Å². The van der Waals surface area contributed by atoms with E-state index in [1.807, 2.05) is 0 Å². The predicted molar refractivity (Wildman–Crippen MR) is 118 cm³/mol. The molecule has 0 radical (unpaired) electrons. The van der Waals surface area contributed by atoms with E-state index in [1.165, 1.54) is 31.2 Å². The fourth-order valence-corrected chi connectivity index (χ4v) is 4.39. The van der Waals surface area contributed by atoms with Crippen molar-refractivity contribution in [2.24, 2.45) is 5.41 Å². The van der Waals surface area contributed by atoms with Gasteiger partial charge in [0, 0.05) is 23.3 Å². The van der Waals surface area contributed by atoms with Crippen molar-refractivity contribution in [3.8, 4) is 5.75 Å². The maximum atomic E-state index is 13.3. The highest BCUT2D eigenvalue weighted by atomic mass is 32.2. The Morgan fingerprint density at radius 2 is 1.77 bits per heavy atom. The van der Waals surface area contributed by atoms with Crippen LogP contribution in [0.3, 0.4) is 0 Å². The van der Waals surface area contributed by atoms with Gasteiger partial charge >= 0.3 is 13.7 Å². The second-order valence-electron chi connectivity index (χ2n) is 7.90. The van der Waals surface area contributed by atoms with Crippen molar-refractivity contribution in [2.45, 2.75) is 53.7 Å². The smallest absolute Gasteiger partial charge is 0.459 e. The standard InChI is InChI=1S/C19H29N2O8PS/c1-13(2)28-17(22)14(3)20-30(26,27-11-12-31-18(23)19(4,5)6)29-16-9-7-15(8-10-16)21(24)25/h7-10,13-14H,11-12H2,1-6H3,(H,20,26)/t14-,30?/m0/s1. The van der Waals surface area contributed by atoms with Crippen molar-refractivity contribution in [1.29, 1.82) is 0 Å². The van der Waals surface area contributed by atoms with Crippen LogP contribution in [0.2, 0.25) is 0 Å². The molecule has 1 aromatic carbocycles. The summed E-state index contributed by atoms with van der Waals surface area (Å²) in [6, 6.07) is 3.90. The van der Waals surface area contributed by atoms with Crippen LogP contribution >= 0.6 is 19.5 Å². The van der Waals surface area contributed by atoms with Gasteiger partial charge in [0.25, 0.3) is 5.69 Å². The van der Waals surface area contributed by atoms with Crippen molar-refractivity contribution in [1.82, 2.24) is 5.09 Å². The Hall–Kier alpha value is -1.94. The molecule has 0 aromatic heterocycles. The van der Waals surface area contributed by atoms with E-state index in [2.05, 4.69) is 5.09 Å². The van der Waals surface area contributed by atoms with Gasteiger partial charge in [0.2, 0.25) is 0 Å². The number of nitro benzene ring substituents is 1. The van der Waals surface area contributed by atoms with Gasteiger partial charge in [-0.3, -0.25) is 24.2 Å². The maximum Gasteiger partial charge on any atom is 0.459 e. The van der Waals surface area contributed by atoms with E-state index in [0.717, 1.165) is 11.8 Å². The maximum absolute atomic E-state index is 13.3. The molecule has 174 valence electrons. The van der Waals surface area contributed by atoms with Crippen molar-refractivity contribution in [3.05, 3.63) is 34.4 Å². The highest BCUT2D eigenvalue weighted by molar-refractivity contribution is 8.13. The number of benzene rings is 1. The lowest BCUT2D eigenvalue weighted by molar-refractivity contribution is -0.384. The minimum Gasteiger partial charge on any atom is -0.462 e. The molecule has 0 aliphatic heterocycles. The number of non-ortho nitro benzene ring substituents is 1. The van der Waals surface area contributed by atoms with Crippen molar-refractivity contribution in [2.75, 3.05) is 12.4 Å². The second kappa shape index (κ2) is 11.6. The molecule has 0 bridgehead atoms. The number of rotatable bonds is 11. The molecule has 0 heterocycles. The van der Waals surface area contributed by atoms with E-state index in [0.29, 0.717) is 0 Å². The van der Waals surface area contributed by atoms with E-state index in [-0.39, 0.29) is 35.0 Å². The number of esters is 1. The van der Waals surface area contributed by atoms with Gasteiger partial charge in [-0.15, -0.1) is 0 Å². The largest absolute Gasteiger partial charge is 0.462 e. The van der Waals surface area contributed by atoms with Crippen LogP contribution in [0.25, 0.3) is 0 Å². The molecule has 0 saturated carbocycles. The van der Waals surface area contributed by atoms with Crippen LogP contribution in [0.5, 0.6) is 5.75 Å². The molecule has 0 aliphatic rings. The third-order valence-corrected chi connectivity index (χ3v) is 6.44. The predicted octanol–water partition coefficient (Wildman–Crippen LogP) is 4.33. The lowest BCUT2D eigenvalue weighted by Crippen LogP contribution is -2.36. The van der Waals surface area contributed by atoms with Gasteiger partial charge in [-0.05, 0) is 32.9 Å². The normalized spacial score (nSPS) is 14.5. The van der Waals surface area contributed by atoms with E-state index in [9.17, 15) is 24.3 Å². The van der Waals surface area contributed by atoms with Crippen LogP contribution in [-0.4, -0.2) is 40.5 Å². The van der Waals surface area contributed by atoms with E-state index in [1.54, 1.807) is 34.6 Å². The van der Waals surface area contributed by atoms with Crippen molar-refractivity contribution < 1.29 is 32.9 Å². The van der Waals surface area contributed by atoms with Gasteiger partial charge in [0.05, 0.1) is 17.6 Å². The highest BCUT2D eigenvalue weighted by Gasteiger charge is 2.33. The first-order chi connectivity index (χ1) is 14.2. The first-order valence-corrected chi connectivity index (χ1v) is 12.1. The molecule has 1 rings (SSSR count). The molecule has 2 atom stereocenters. The van der Waals surface area contributed by atoms with E-state index >= 15 is 0 Å². The molecular weight excluding hydrogens is 447 g/mol. The minimum absolute atomic E-state index is 0.0456. The number of ether oxygens (including phenoxy) is 1. The molecule has 0 fully saturated rings. The Kier molecular flexibility index (Phi) is 10.2. The number of thioether (sulfide) groups is 1. The highest BCUT2D eigenvalue weighted by Crippen LogP contribution is 2.45. The SMILES string of the molecule is CC(C)OC(=O)[C@H](C)NP(=O)(OCCSC(=O)C(C)(C)C)Oc1ccc([N+](=O)[O-])cc1. The Balaban J connectivity index is 2.89. The number of nitro groups is 1. The number of nitrogens with zero attached hydrogens (tertiary/aromatic N) is 1. The summed E-state index contributed by atoms with van der Waals surface area (Å²) in [4.78, 5) is 34.3. The van der Waals surface area contributed by atoms with Gasteiger partial charge in [-0.1, -0.05) is 32.5 Å². The Labute approximate surface area is 186 Å². The van der Waals surface area contributed by atoms with E-state index < -0.39 is 30.1 Å². The van der Waals surface area contributed by atoms with Gasteiger partial charge in [0.15, 0.2) is 5.12 Å². The molecule has 1 unspecified atom stereocenters. The number of carbonyl (C=O) groups excluding carboxylic acids is 2. The van der Waals surface area contributed by atoms with Crippen LogP contribution in [0.15, 0.2) is 24.3 Å². The van der Waals surface area contributed by atoms with Gasteiger partial charge in [-0.25, -0.2) is 4.57 Å². The summed E-state index contributed by atoms with van der Waals surface area (Å²) >= 11 is 1.03. The van der Waals surface area contributed by atoms with E-state index in [4.69, 9.17) is 13.8 Å². The quantitative estimate of drug-likeness (QED) is 0.162. The number of carbonyl (C=O) groups is 2. The fourth-order valence-electron chi connectivity index (χ4n) is 1.99. The minimum atomic E-state index is -4.08. The summed E-state index contributed by atoms with van der Waals surface area (Å²) in [5.74, 6) is -0.386. The Morgan fingerprint density at radius 3 is 2.26 bits per heavy atom. The number of hydrogen-bond acceptors (Lipinski definition) is 9. The average molecular weight is 476 g/mol. The molecule has 0 saturated heterocycles. The van der Waals surface area contributed by atoms with Crippen LogP contribution in [-0.2, 0) is 23.4 Å². The summed E-state index contributed by atoms with van der Waals surface area (Å²) in [6.07, 6.45) is -0.368. The average Bonchev–Trinajstić information content (AvgIpc) is 2.64. The molecule has 1 N–H and O–H groups in total. The van der Waals surface area contributed by atoms with Gasteiger partial charge in [-0.2, -0.15) is 5.09 Å². The molecule has 31 heavy (non-hydrogen) atoms. The Bertz CT molecular complexity index is 823. The van der Waals surface area contributed by atoms with Crippen LogP contribution in [0.4, 0.5) is 5.69 Å².